The zero-order valence-corrected chi connectivity index (χ0v) is 9.79. The first kappa shape index (κ1) is 11.5. The highest BCUT2D eigenvalue weighted by molar-refractivity contribution is 8.04. The Hall–Kier alpha value is -1.01. The van der Waals surface area contributed by atoms with Crippen molar-refractivity contribution in [1.29, 1.82) is 0 Å². The molecule has 2 aliphatic heterocycles. The van der Waals surface area contributed by atoms with Gasteiger partial charge in [0, 0.05) is 10.9 Å². The molecule has 0 radical (unpaired) electrons. The zero-order chi connectivity index (χ0) is 11.9. The number of fused-ring (bicyclic) bond motifs is 1. The fraction of sp³-hybridized carbons (Fsp3) is 0.600. The maximum absolute atomic E-state index is 11.3. The van der Waals surface area contributed by atoms with Crippen molar-refractivity contribution in [3.63, 3.8) is 0 Å². The number of carboxylic acid groups (broad SMARTS) is 1. The van der Waals surface area contributed by atoms with Crippen LogP contribution in [0.1, 0.15) is 26.2 Å². The van der Waals surface area contributed by atoms with Crippen LogP contribution in [0.15, 0.2) is 10.6 Å². The molecular weight excluding hydrogens is 228 g/mol. The van der Waals surface area contributed by atoms with Crippen LogP contribution >= 0.6 is 11.8 Å². The molecule has 5 nitrogen and oxygen atoms in total. The Morgan fingerprint density at radius 1 is 1.75 bits per heavy atom. The van der Waals surface area contributed by atoms with Gasteiger partial charge in [-0.3, -0.25) is 9.69 Å². The van der Waals surface area contributed by atoms with E-state index in [1.165, 1.54) is 16.7 Å². The molecule has 16 heavy (non-hydrogen) atoms. The van der Waals surface area contributed by atoms with Gasteiger partial charge in [0.05, 0.1) is 11.8 Å². The van der Waals surface area contributed by atoms with E-state index in [0.29, 0.717) is 11.3 Å². The first-order valence-electron chi connectivity index (χ1n) is 5.28. The lowest BCUT2D eigenvalue weighted by Crippen LogP contribution is -2.48. The van der Waals surface area contributed by atoms with Gasteiger partial charge in [-0.25, -0.2) is 4.79 Å². The number of hydrogen-bond donors (Lipinski definition) is 2. The van der Waals surface area contributed by atoms with Crippen LogP contribution in [0.4, 0.5) is 0 Å². The van der Waals surface area contributed by atoms with Crippen molar-refractivity contribution < 1.29 is 14.7 Å². The fourth-order valence-corrected chi connectivity index (χ4v) is 3.42. The lowest BCUT2D eigenvalue weighted by atomic mass is 10.1. The van der Waals surface area contributed by atoms with Gasteiger partial charge in [0.2, 0.25) is 5.91 Å². The lowest BCUT2D eigenvalue weighted by molar-refractivity contribution is -0.145. The molecule has 0 aromatic heterocycles. The third-order valence-corrected chi connectivity index (χ3v) is 4.18. The third-order valence-electron chi connectivity index (χ3n) is 2.78. The van der Waals surface area contributed by atoms with Crippen molar-refractivity contribution in [3.05, 3.63) is 10.6 Å². The van der Waals surface area contributed by atoms with Crippen LogP contribution in [0.25, 0.3) is 0 Å². The summed E-state index contributed by atoms with van der Waals surface area (Å²) < 4.78 is 0. The summed E-state index contributed by atoms with van der Waals surface area (Å²) in [6, 6.07) is -0.264. The summed E-state index contributed by atoms with van der Waals surface area (Å²) in [4.78, 5) is 24.5. The summed E-state index contributed by atoms with van der Waals surface area (Å²) in [5.74, 6) is -1.17. The number of nitrogens with zero attached hydrogens (tertiary/aromatic N) is 1. The third kappa shape index (κ3) is 1.62. The number of rotatable bonds is 4. The predicted molar refractivity (Wildman–Crippen MR) is 60.4 cm³/mol. The second-order valence-corrected chi connectivity index (χ2v) is 5.17. The van der Waals surface area contributed by atoms with Crippen molar-refractivity contribution in [1.82, 2.24) is 4.90 Å². The highest BCUT2D eigenvalue weighted by atomic mass is 32.2. The van der Waals surface area contributed by atoms with E-state index in [1.54, 1.807) is 0 Å². The standard InChI is InChI=1S/C10H14N2O3S/c1-2-3-5(11)9-8(10(14)15)12-6(13)4-7(12)16-9/h5,7H,2-4,11H2,1H3,(H,14,15)/t5?,7-/m0/s1. The topological polar surface area (TPSA) is 83.6 Å². The Labute approximate surface area is 97.7 Å². The molecule has 88 valence electrons. The highest BCUT2D eigenvalue weighted by Gasteiger charge is 2.49. The number of thioether (sulfide) groups is 1. The van der Waals surface area contributed by atoms with Gasteiger partial charge >= 0.3 is 5.97 Å². The van der Waals surface area contributed by atoms with Crippen LogP contribution in [-0.4, -0.2) is 33.3 Å². The second-order valence-electron chi connectivity index (χ2n) is 3.95. The predicted octanol–water partition coefficient (Wildman–Crippen LogP) is 0.715. The van der Waals surface area contributed by atoms with Crippen LogP contribution in [-0.2, 0) is 9.59 Å². The van der Waals surface area contributed by atoms with Gasteiger partial charge in [0.15, 0.2) is 0 Å². The fourth-order valence-electron chi connectivity index (χ4n) is 1.98. The summed E-state index contributed by atoms with van der Waals surface area (Å²) in [5, 5.41) is 9.09. The van der Waals surface area contributed by atoms with Crippen molar-refractivity contribution in [2.45, 2.75) is 37.6 Å². The molecule has 2 heterocycles. The van der Waals surface area contributed by atoms with E-state index in [1.807, 2.05) is 6.92 Å². The monoisotopic (exact) mass is 242 g/mol. The normalized spacial score (nSPS) is 25.5. The first-order chi connectivity index (χ1) is 7.56. The Morgan fingerprint density at radius 2 is 2.44 bits per heavy atom. The molecule has 6 heteroatoms. The quantitative estimate of drug-likeness (QED) is 0.709. The van der Waals surface area contributed by atoms with Crippen LogP contribution in [0.3, 0.4) is 0 Å². The molecule has 1 saturated heterocycles. The van der Waals surface area contributed by atoms with Gasteiger partial charge in [-0.2, -0.15) is 0 Å². The van der Waals surface area contributed by atoms with Gasteiger partial charge in [0.25, 0.3) is 0 Å². The zero-order valence-electron chi connectivity index (χ0n) is 8.97. The maximum atomic E-state index is 11.3. The minimum atomic E-state index is -1.05. The molecule has 0 saturated carbocycles. The van der Waals surface area contributed by atoms with E-state index < -0.39 is 5.97 Å². The minimum Gasteiger partial charge on any atom is -0.477 e. The maximum Gasteiger partial charge on any atom is 0.353 e. The van der Waals surface area contributed by atoms with Crippen LogP contribution in [0, 0.1) is 0 Å². The summed E-state index contributed by atoms with van der Waals surface area (Å²) >= 11 is 1.43. The van der Waals surface area contributed by atoms with Gasteiger partial charge < -0.3 is 10.8 Å². The number of carbonyl (C=O) groups excluding carboxylic acids is 1. The molecular formula is C10H14N2O3S. The summed E-state index contributed by atoms with van der Waals surface area (Å²) in [5.41, 5.74) is 6.04. The summed E-state index contributed by atoms with van der Waals surface area (Å²) in [7, 11) is 0. The van der Waals surface area contributed by atoms with E-state index in [-0.39, 0.29) is 23.0 Å². The van der Waals surface area contributed by atoms with Crippen molar-refractivity contribution in [3.8, 4) is 0 Å². The number of aliphatic carboxylic acids is 1. The molecule has 0 aliphatic carbocycles. The second kappa shape index (κ2) is 4.10. The van der Waals surface area contributed by atoms with Gasteiger partial charge in [-0.1, -0.05) is 13.3 Å². The number of nitrogens with two attached hydrogens (primary N) is 1. The van der Waals surface area contributed by atoms with E-state index in [0.717, 1.165) is 12.8 Å². The summed E-state index contributed by atoms with van der Waals surface area (Å²) in [6.07, 6.45) is 2.06. The largest absolute Gasteiger partial charge is 0.477 e. The molecule has 1 unspecified atom stereocenters. The molecule has 1 fully saturated rings. The van der Waals surface area contributed by atoms with Gasteiger partial charge in [0.1, 0.15) is 5.70 Å². The van der Waals surface area contributed by atoms with Crippen LogP contribution in [0.5, 0.6) is 0 Å². The minimum absolute atomic E-state index is 0.0310. The van der Waals surface area contributed by atoms with E-state index in [2.05, 4.69) is 0 Å². The van der Waals surface area contributed by atoms with Gasteiger partial charge in [-0.05, 0) is 6.42 Å². The molecule has 0 aromatic rings. The molecule has 2 aliphatic rings. The number of β-lactam (4-membered cyclic amide) rings is 1. The van der Waals surface area contributed by atoms with Crippen molar-refractivity contribution >= 4 is 23.6 Å². The first-order valence-corrected chi connectivity index (χ1v) is 6.16. The molecule has 3 N–H and O–H groups in total. The SMILES string of the molecule is CCCC(N)C1=C(C(=O)O)N2C(=O)C[C@@H]2S1. The highest BCUT2D eigenvalue weighted by Crippen LogP contribution is 2.47. The van der Waals surface area contributed by atoms with E-state index in [4.69, 9.17) is 10.8 Å². The molecule has 2 rings (SSSR count). The van der Waals surface area contributed by atoms with E-state index >= 15 is 0 Å². The molecule has 1 amide bonds. The molecule has 0 bridgehead atoms. The Bertz CT molecular complexity index is 380. The van der Waals surface area contributed by atoms with Crippen LogP contribution in [0.2, 0.25) is 0 Å². The average molecular weight is 242 g/mol. The molecule has 0 aromatic carbocycles. The number of carboxylic acids is 1. The molecule has 0 spiro atoms. The smallest absolute Gasteiger partial charge is 0.353 e. The Kier molecular flexibility index (Phi) is 2.94. The Balaban J connectivity index is 2.28. The van der Waals surface area contributed by atoms with Crippen LogP contribution < -0.4 is 5.73 Å². The number of carbonyl (C=O) groups is 2. The van der Waals surface area contributed by atoms with Gasteiger partial charge in [-0.15, -0.1) is 11.8 Å². The van der Waals surface area contributed by atoms with Crippen molar-refractivity contribution in [2.24, 2.45) is 5.73 Å². The van der Waals surface area contributed by atoms with E-state index in [9.17, 15) is 9.59 Å². The lowest BCUT2D eigenvalue weighted by Gasteiger charge is -2.33. The number of hydrogen-bond acceptors (Lipinski definition) is 4. The number of amides is 1. The average Bonchev–Trinajstić information content (AvgIpc) is 2.51. The summed E-state index contributed by atoms with van der Waals surface area (Å²) in [6.45, 7) is 2.00. The Morgan fingerprint density at radius 3 is 2.94 bits per heavy atom. The van der Waals surface area contributed by atoms with Crippen molar-refractivity contribution in [2.75, 3.05) is 0 Å². The molecule has 2 atom stereocenters.